The van der Waals surface area contributed by atoms with Crippen LogP contribution in [0.3, 0.4) is 0 Å². The van der Waals surface area contributed by atoms with Crippen LogP contribution in [-0.4, -0.2) is 29.9 Å². The summed E-state index contributed by atoms with van der Waals surface area (Å²) in [5, 5.41) is 17.1. The van der Waals surface area contributed by atoms with Gasteiger partial charge in [-0.05, 0) is 12.2 Å². The van der Waals surface area contributed by atoms with Gasteiger partial charge in [0.05, 0.1) is 6.10 Å². The van der Waals surface area contributed by atoms with Gasteiger partial charge in [0.25, 0.3) is 10.1 Å². The van der Waals surface area contributed by atoms with Crippen LogP contribution in [0, 0.1) is 17.4 Å². The van der Waals surface area contributed by atoms with Crippen molar-refractivity contribution in [1.29, 1.82) is 5.41 Å². The van der Waals surface area contributed by atoms with Gasteiger partial charge in [-0.3, -0.25) is 4.55 Å². The SMILES string of the molecule is N=C1C=CC2C(=CC(S(=O)(=O)O)=[C]C2O)C1. The summed E-state index contributed by atoms with van der Waals surface area (Å²) in [5.41, 5.74) is 0.942. The first-order chi connectivity index (χ1) is 7.38. The molecule has 0 saturated carbocycles. The summed E-state index contributed by atoms with van der Waals surface area (Å²) in [7, 11) is -4.35. The van der Waals surface area contributed by atoms with Crippen LogP contribution in [0.2, 0.25) is 0 Å². The zero-order chi connectivity index (χ0) is 11.9. The smallest absolute Gasteiger partial charge is 0.294 e. The fourth-order valence-corrected chi connectivity index (χ4v) is 2.36. The van der Waals surface area contributed by atoms with Crippen LogP contribution >= 0.6 is 0 Å². The maximum Gasteiger partial charge on any atom is 0.294 e. The normalized spacial score (nSPS) is 29.5. The van der Waals surface area contributed by atoms with E-state index in [1.807, 2.05) is 0 Å². The van der Waals surface area contributed by atoms with Crippen LogP contribution in [0.25, 0.3) is 0 Å². The second kappa shape index (κ2) is 3.65. The molecule has 2 aliphatic rings. The van der Waals surface area contributed by atoms with E-state index in [4.69, 9.17) is 9.96 Å². The monoisotopic (exact) mass is 240 g/mol. The minimum Gasteiger partial charge on any atom is -0.387 e. The van der Waals surface area contributed by atoms with Crippen LogP contribution in [0.1, 0.15) is 6.42 Å². The molecule has 2 unspecified atom stereocenters. The topological polar surface area (TPSA) is 98.5 Å². The molecule has 0 aromatic rings. The Kier molecular flexibility index (Phi) is 2.57. The van der Waals surface area contributed by atoms with E-state index in [9.17, 15) is 13.5 Å². The van der Waals surface area contributed by atoms with Crippen molar-refractivity contribution in [3.05, 3.63) is 34.8 Å². The van der Waals surface area contributed by atoms with Gasteiger partial charge in [0.1, 0.15) is 4.91 Å². The van der Waals surface area contributed by atoms with Crippen molar-refractivity contribution in [2.45, 2.75) is 12.5 Å². The van der Waals surface area contributed by atoms with Crippen molar-refractivity contribution in [3.8, 4) is 0 Å². The number of rotatable bonds is 1. The first kappa shape index (κ1) is 11.3. The second-order valence-corrected chi connectivity index (χ2v) is 5.12. The van der Waals surface area contributed by atoms with Crippen LogP contribution in [0.15, 0.2) is 28.7 Å². The molecule has 16 heavy (non-hydrogen) atoms. The molecule has 0 fully saturated rings. The summed E-state index contributed by atoms with van der Waals surface area (Å²) in [4.78, 5) is -0.422. The lowest BCUT2D eigenvalue weighted by molar-refractivity contribution is 0.181. The lowest BCUT2D eigenvalue weighted by Gasteiger charge is -2.27. The van der Waals surface area contributed by atoms with E-state index in [-0.39, 0.29) is 12.3 Å². The molecule has 0 saturated heterocycles. The predicted molar refractivity (Wildman–Crippen MR) is 57.4 cm³/mol. The fraction of sp³-hybridized carbons (Fsp3) is 0.300. The minimum absolute atomic E-state index is 0.277. The molecule has 2 rings (SSSR count). The average molecular weight is 240 g/mol. The third-order valence-electron chi connectivity index (χ3n) is 2.55. The highest BCUT2D eigenvalue weighted by molar-refractivity contribution is 7.90. The summed E-state index contributed by atoms with van der Waals surface area (Å²) >= 11 is 0. The molecule has 0 spiro atoms. The molecule has 3 N–H and O–H groups in total. The summed E-state index contributed by atoms with van der Waals surface area (Å²) in [6.07, 6.45) is 5.97. The molecule has 6 heteroatoms. The van der Waals surface area contributed by atoms with Gasteiger partial charge < -0.3 is 10.5 Å². The largest absolute Gasteiger partial charge is 0.387 e. The van der Waals surface area contributed by atoms with Gasteiger partial charge in [-0.25, -0.2) is 0 Å². The van der Waals surface area contributed by atoms with Crippen LogP contribution < -0.4 is 0 Å². The summed E-state index contributed by atoms with van der Waals surface area (Å²) in [6, 6.07) is 0. The zero-order valence-corrected chi connectivity index (χ0v) is 9.03. The Morgan fingerprint density at radius 1 is 1.50 bits per heavy atom. The molecule has 85 valence electrons. The quantitative estimate of drug-likeness (QED) is 0.580. The van der Waals surface area contributed by atoms with Gasteiger partial charge in [-0.1, -0.05) is 11.6 Å². The molecular weight excluding hydrogens is 230 g/mol. The van der Waals surface area contributed by atoms with Crippen LogP contribution in [0.4, 0.5) is 0 Å². The maximum atomic E-state index is 10.9. The third kappa shape index (κ3) is 1.99. The summed E-state index contributed by atoms with van der Waals surface area (Å²) in [5.74, 6) is -0.348. The molecular formula is C10H10NO4S. The molecule has 2 aliphatic carbocycles. The highest BCUT2D eigenvalue weighted by Crippen LogP contribution is 2.32. The highest BCUT2D eigenvalue weighted by Gasteiger charge is 2.30. The number of fused-ring (bicyclic) bond motifs is 1. The third-order valence-corrected chi connectivity index (χ3v) is 3.34. The molecule has 0 aromatic heterocycles. The first-order valence-electron chi connectivity index (χ1n) is 4.63. The minimum atomic E-state index is -4.35. The van der Waals surface area contributed by atoms with Crippen molar-refractivity contribution in [3.63, 3.8) is 0 Å². The molecule has 0 aromatic carbocycles. The van der Waals surface area contributed by atoms with Gasteiger partial charge in [-0.2, -0.15) is 8.42 Å². The van der Waals surface area contributed by atoms with Crippen molar-refractivity contribution < 1.29 is 18.1 Å². The molecule has 2 atom stereocenters. The Hall–Kier alpha value is -1.24. The Balaban J connectivity index is 2.45. The number of hydrogen-bond acceptors (Lipinski definition) is 4. The molecule has 1 radical (unpaired) electrons. The van der Waals surface area contributed by atoms with Gasteiger partial charge in [-0.15, -0.1) is 0 Å². The number of allylic oxidation sites excluding steroid dienone is 2. The Morgan fingerprint density at radius 3 is 2.81 bits per heavy atom. The van der Waals surface area contributed by atoms with E-state index in [2.05, 4.69) is 6.08 Å². The van der Waals surface area contributed by atoms with Gasteiger partial charge in [0.2, 0.25) is 0 Å². The Labute approximate surface area is 93.1 Å². The average Bonchev–Trinajstić information content (AvgIpc) is 2.15. The lowest BCUT2D eigenvalue weighted by atomic mass is 9.82. The summed E-state index contributed by atoms with van der Waals surface area (Å²) < 4.78 is 30.7. The van der Waals surface area contributed by atoms with Gasteiger partial charge in [0.15, 0.2) is 0 Å². The maximum absolute atomic E-state index is 10.9. The van der Waals surface area contributed by atoms with Crippen molar-refractivity contribution in [2.24, 2.45) is 5.92 Å². The predicted octanol–water partition coefficient (Wildman–Crippen LogP) is 0.458. The zero-order valence-electron chi connectivity index (χ0n) is 8.21. The Bertz CT molecular complexity index is 527. The molecule has 5 nitrogen and oxygen atoms in total. The Morgan fingerprint density at radius 2 is 2.19 bits per heavy atom. The van der Waals surface area contributed by atoms with E-state index in [1.54, 1.807) is 12.2 Å². The number of aliphatic hydroxyl groups is 1. The van der Waals surface area contributed by atoms with Crippen LogP contribution in [0.5, 0.6) is 0 Å². The van der Waals surface area contributed by atoms with Crippen LogP contribution in [-0.2, 0) is 10.1 Å². The van der Waals surface area contributed by atoms with E-state index < -0.39 is 21.1 Å². The number of nitrogens with one attached hydrogen (secondary N) is 1. The van der Waals surface area contributed by atoms with Gasteiger partial charge >= 0.3 is 0 Å². The standard InChI is InChI=1S/C10H10NO4S/c11-7-1-2-9-6(3-7)4-8(5-10(9)12)16(13,14)15/h1-2,4,9-12H,3H2,(H,13,14,15). The van der Waals surface area contributed by atoms with Crippen molar-refractivity contribution >= 4 is 15.8 Å². The first-order valence-corrected chi connectivity index (χ1v) is 6.07. The molecule has 0 heterocycles. The van der Waals surface area contributed by atoms with Gasteiger partial charge in [0, 0.05) is 24.1 Å². The number of hydrogen-bond donors (Lipinski definition) is 3. The summed E-state index contributed by atoms with van der Waals surface area (Å²) in [6.45, 7) is 0. The van der Waals surface area contributed by atoms with Crippen molar-refractivity contribution in [1.82, 2.24) is 0 Å². The molecule has 0 bridgehead atoms. The highest BCUT2D eigenvalue weighted by atomic mass is 32.2. The fourth-order valence-electron chi connectivity index (χ4n) is 1.79. The van der Waals surface area contributed by atoms with E-state index >= 15 is 0 Å². The number of aliphatic hydroxyl groups excluding tert-OH is 1. The molecule has 0 aliphatic heterocycles. The lowest BCUT2D eigenvalue weighted by Crippen LogP contribution is -2.27. The second-order valence-electron chi connectivity index (χ2n) is 3.73. The van der Waals surface area contributed by atoms with E-state index in [1.165, 1.54) is 6.08 Å². The van der Waals surface area contributed by atoms with E-state index in [0.717, 1.165) is 0 Å². The van der Waals surface area contributed by atoms with Crippen molar-refractivity contribution in [2.75, 3.05) is 0 Å². The van der Waals surface area contributed by atoms with E-state index in [0.29, 0.717) is 11.3 Å². The molecule has 0 amide bonds.